The summed E-state index contributed by atoms with van der Waals surface area (Å²) in [5, 5.41) is 0. The standard InChI is InChI=1S/C16H19F2NO3/c1-16(2,3)22-15(21)19-5-4-10(9-19)14(20)11-6-12(17)8-13(18)7-11/h6-8,10H,4-5,9H2,1-3H3/t10-/m0/s1. The summed E-state index contributed by atoms with van der Waals surface area (Å²) in [4.78, 5) is 25.7. The molecule has 0 radical (unpaired) electrons. The topological polar surface area (TPSA) is 46.6 Å². The van der Waals surface area contributed by atoms with Gasteiger partial charge < -0.3 is 9.64 Å². The van der Waals surface area contributed by atoms with Crippen molar-refractivity contribution < 1.29 is 23.1 Å². The maximum absolute atomic E-state index is 13.2. The van der Waals surface area contributed by atoms with Gasteiger partial charge in [-0.25, -0.2) is 13.6 Å². The maximum Gasteiger partial charge on any atom is 0.410 e. The van der Waals surface area contributed by atoms with Gasteiger partial charge in [-0.05, 0) is 39.3 Å². The van der Waals surface area contributed by atoms with E-state index in [0.29, 0.717) is 13.0 Å². The molecular weight excluding hydrogens is 292 g/mol. The van der Waals surface area contributed by atoms with Crippen LogP contribution in [0.5, 0.6) is 0 Å². The second-order valence-electron chi connectivity index (χ2n) is 6.43. The first-order valence-corrected chi connectivity index (χ1v) is 7.14. The monoisotopic (exact) mass is 311 g/mol. The number of carbonyl (C=O) groups is 2. The van der Waals surface area contributed by atoms with Gasteiger partial charge in [-0.1, -0.05) is 0 Å². The van der Waals surface area contributed by atoms with Crippen LogP contribution in [0.2, 0.25) is 0 Å². The fourth-order valence-electron chi connectivity index (χ4n) is 2.40. The average Bonchev–Trinajstić information content (AvgIpc) is 2.84. The number of hydrogen-bond donors (Lipinski definition) is 0. The minimum absolute atomic E-state index is 0.00598. The van der Waals surface area contributed by atoms with Crippen LogP contribution in [0.15, 0.2) is 18.2 Å². The zero-order valence-corrected chi connectivity index (χ0v) is 12.9. The van der Waals surface area contributed by atoms with Crippen molar-refractivity contribution in [3.8, 4) is 0 Å². The molecule has 1 saturated heterocycles. The molecule has 1 heterocycles. The van der Waals surface area contributed by atoms with Gasteiger partial charge in [0.15, 0.2) is 5.78 Å². The average molecular weight is 311 g/mol. The Bertz CT molecular complexity index is 575. The van der Waals surface area contributed by atoms with Crippen LogP contribution >= 0.6 is 0 Å². The van der Waals surface area contributed by atoms with E-state index in [0.717, 1.165) is 18.2 Å². The third-order valence-corrected chi connectivity index (χ3v) is 3.36. The number of amides is 1. The highest BCUT2D eigenvalue weighted by Crippen LogP contribution is 2.23. The Kier molecular flexibility index (Phi) is 4.49. The van der Waals surface area contributed by atoms with Crippen LogP contribution in [-0.2, 0) is 4.74 Å². The predicted octanol–water partition coefficient (Wildman–Crippen LogP) is 3.40. The van der Waals surface area contributed by atoms with Crippen LogP contribution in [0.4, 0.5) is 13.6 Å². The van der Waals surface area contributed by atoms with E-state index >= 15 is 0 Å². The largest absolute Gasteiger partial charge is 0.444 e. The van der Waals surface area contributed by atoms with Crippen molar-refractivity contribution >= 4 is 11.9 Å². The minimum Gasteiger partial charge on any atom is -0.444 e. The predicted molar refractivity (Wildman–Crippen MR) is 76.6 cm³/mol. The molecule has 0 aliphatic carbocycles. The summed E-state index contributed by atoms with van der Waals surface area (Å²) in [5.41, 5.74) is -0.612. The van der Waals surface area contributed by atoms with E-state index in [4.69, 9.17) is 4.74 Å². The Morgan fingerprint density at radius 2 is 1.77 bits per heavy atom. The fourth-order valence-corrected chi connectivity index (χ4v) is 2.40. The molecule has 6 heteroatoms. The molecule has 0 aromatic heterocycles. The van der Waals surface area contributed by atoms with Crippen LogP contribution in [0, 0.1) is 17.6 Å². The van der Waals surface area contributed by atoms with Gasteiger partial charge in [0.05, 0.1) is 0 Å². The molecular formula is C16H19F2NO3. The molecule has 2 rings (SSSR count). The summed E-state index contributed by atoms with van der Waals surface area (Å²) < 4.78 is 31.6. The first-order valence-electron chi connectivity index (χ1n) is 7.14. The van der Waals surface area contributed by atoms with E-state index in [1.54, 1.807) is 20.8 Å². The lowest BCUT2D eigenvalue weighted by molar-refractivity contribution is 0.0289. The number of ketones is 1. The number of rotatable bonds is 2. The van der Waals surface area contributed by atoms with Gasteiger partial charge in [0.25, 0.3) is 0 Å². The molecule has 1 fully saturated rings. The first-order chi connectivity index (χ1) is 10.2. The zero-order chi connectivity index (χ0) is 16.5. The number of carbonyl (C=O) groups excluding carboxylic acids is 2. The summed E-state index contributed by atoms with van der Waals surface area (Å²) in [6.45, 7) is 5.88. The number of likely N-dealkylation sites (tertiary alicyclic amines) is 1. The van der Waals surface area contributed by atoms with Gasteiger partial charge >= 0.3 is 6.09 Å². The Morgan fingerprint density at radius 3 is 2.32 bits per heavy atom. The van der Waals surface area contributed by atoms with E-state index in [1.165, 1.54) is 4.90 Å². The van der Waals surface area contributed by atoms with Crippen LogP contribution < -0.4 is 0 Å². The first kappa shape index (κ1) is 16.4. The SMILES string of the molecule is CC(C)(C)OC(=O)N1CC[C@H](C(=O)c2cc(F)cc(F)c2)C1. The summed E-state index contributed by atoms with van der Waals surface area (Å²) in [6, 6.07) is 2.75. The number of hydrogen-bond acceptors (Lipinski definition) is 3. The second-order valence-corrected chi connectivity index (χ2v) is 6.43. The summed E-state index contributed by atoms with van der Waals surface area (Å²) in [5.74, 6) is -2.39. The number of halogens is 2. The molecule has 1 amide bonds. The van der Waals surface area contributed by atoms with E-state index in [1.807, 2.05) is 0 Å². The highest BCUT2D eigenvalue weighted by Gasteiger charge is 2.34. The van der Waals surface area contributed by atoms with Crippen LogP contribution in [0.25, 0.3) is 0 Å². The molecule has 120 valence electrons. The maximum atomic E-state index is 13.2. The van der Waals surface area contributed by atoms with Crippen molar-refractivity contribution in [2.45, 2.75) is 32.8 Å². The van der Waals surface area contributed by atoms with E-state index < -0.39 is 29.2 Å². The molecule has 4 nitrogen and oxygen atoms in total. The van der Waals surface area contributed by atoms with E-state index in [2.05, 4.69) is 0 Å². The molecule has 1 aromatic rings. The van der Waals surface area contributed by atoms with Crippen LogP contribution in [-0.4, -0.2) is 35.5 Å². The highest BCUT2D eigenvalue weighted by atomic mass is 19.1. The number of Topliss-reactive ketones (excluding diaryl/α,β-unsaturated/α-hetero) is 1. The van der Waals surface area contributed by atoms with Crippen molar-refractivity contribution in [1.82, 2.24) is 4.90 Å². The Balaban J connectivity index is 2.03. The summed E-state index contributed by atoms with van der Waals surface area (Å²) in [7, 11) is 0. The van der Waals surface area contributed by atoms with Gasteiger partial charge in [-0.15, -0.1) is 0 Å². The lowest BCUT2D eigenvalue weighted by Crippen LogP contribution is -2.35. The van der Waals surface area contributed by atoms with Crippen molar-refractivity contribution in [1.29, 1.82) is 0 Å². The van der Waals surface area contributed by atoms with E-state index in [9.17, 15) is 18.4 Å². The quantitative estimate of drug-likeness (QED) is 0.786. The Morgan fingerprint density at radius 1 is 1.18 bits per heavy atom. The van der Waals surface area contributed by atoms with Gasteiger partial charge in [0.1, 0.15) is 17.2 Å². The lowest BCUT2D eigenvalue weighted by Gasteiger charge is -2.24. The molecule has 0 saturated carbocycles. The van der Waals surface area contributed by atoms with Gasteiger partial charge in [-0.3, -0.25) is 4.79 Å². The molecule has 1 aromatic carbocycles. The third-order valence-electron chi connectivity index (χ3n) is 3.36. The van der Waals surface area contributed by atoms with Gasteiger partial charge in [-0.2, -0.15) is 0 Å². The second kappa shape index (κ2) is 6.02. The molecule has 1 atom stereocenters. The minimum atomic E-state index is -0.787. The summed E-state index contributed by atoms with van der Waals surface area (Å²) in [6.07, 6.45) is -0.0239. The number of ether oxygens (including phenoxy) is 1. The molecule has 1 aliphatic heterocycles. The lowest BCUT2D eigenvalue weighted by atomic mass is 9.97. The Labute approximate surface area is 128 Å². The normalized spacial score (nSPS) is 18.4. The molecule has 22 heavy (non-hydrogen) atoms. The third kappa shape index (κ3) is 4.02. The summed E-state index contributed by atoms with van der Waals surface area (Å²) >= 11 is 0. The van der Waals surface area contributed by atoms with Crippen molar-refractivity contribution in [3.63, 3.8) is 0 Å². The number of benzene rings is 1. The molecule has 0 unspecified atom stereocenters. The molecule has 0 bridgehead atoms. The van der Waals surface area contributed by atoms with Crippen LogP contribution in [0.1, 0.15) is 37.6 Å². The van der Waals surface area contributed by atoms with Gasteiger partial charge in [0.2, 0.25) is 0 Å². The molecule has 0 N–H and O–H groups in total. The van der Waals surface area contributed by atoms with Crippen LogP contribution in [0.3, 0.4) is 0 Å². The van der Waals surface area contributed by atoms with Crippen molar-refractivity contribution in [3.05, 3.63) is 35.4 Å². The smallest absolute Gasteiger partial charge is 0.410 e. The van der Waals surface area contributed by atoms with E-state index in [-0.39, 0.29) is 17.9 Å². The van der Waals surface area contributed by atoms with Crippen molar-refractivity contribution in [2.24, 2.45) is 5.92 Å². The Hall–Kier alpha value is -1.98. The highest BCUT2D eigenvalue weighted by molar-refractivity contribution is 5.98. The zero-order valence-electron chi connectivity index (χ0n) is 12.9. The van der Waals surface area contributed by atoms with Crippen molar-refractivity contribution in [2.75, 3.05) is 13.1 Å². The fraction of sp³-hybridized carbons (Fsp3) is 0.500. The molecule has 1 aliphatic rings. The number of nitrogens with zero attached hydrogens (tertiary/aromatic N) is 1. The van der Waals surface area contributed by atoms with Gasteiger partial charge in [0, 0.05) is 30.6 Å². The molecule has 0 spiro atoms.